The first-order chi connectivity index (χ1) is 6.50. The fourth-order valence-corrected chi connectivity index (χ4v) is 1.97. The van der Waals surface area contributed by atoms with Crippen LogP contribution in [0.1, 0.15) is 19.4 Å². The largest absolute Gasteiger partial charge is 0.0884 e. The van der Waals surface area contributed by atoms with Gasteiger partial charge >= 0.3 is 0 Å². The van der Waals surface area contributed by atoms with E-state index in [4.69, 9.17) is 23.2 Å². The van der Waals surface area contributed by atoms with Crippen LogP contribution in [0.15, 0.2) is 18.2 Å². The lowest BCUT2D eigenvalue weighted by Crippen LogP contribution is -2.10. The van der Waals surface area contributed by atoms with E-state index < -0.39 is 0 Å². The summed E-state index contributed by atoms with van der Waals surface area (Å²) in [5.74, 6) is 0.599. The fourth-order valence-electron chi connectivity index (χ4n) is 1.13. The Morgan fingerprint density at radius 2 is 1.93 bits per heavy atom. The minimum atomic E-state index is 0.459. The maximum Gasteiger partial charge on any atom is 0.0453 e. The molecule has 0 aromatic heterocycles. The molecular weight excluding hydrogens is 283 g/mol. The van der Waals surface area contributed by atoms with E-state index in [9.17, 15) is 0 Å². The molecule has 1 unspecified atom stereocenters. The Balaban J connectivity index is 2.77. The molecule has 1 aromatic rings. The van der Waals surface area contributed by atoms with Crippen LogP contribution in [0.3, 0.4) is 0 Å². The molecule has 0 amide bonds. The van der Waals surface area contributed by atoms with Gasteiger partial charge in [0.15, 0.2) is 0 Å². The van der Waals surface area contributed by atoms with E-state index in [0.717, 1.165) is 17.0 Å². The lowest BCUT2D eigenvalue weighted by atomic mass is 10.0. The molecule has 0 radical (unpaired) electrons. The molecule has 1 aromatic carbocycles. The molecule has 0 bridgehead atoms. The second-order valence-electron chi connectivity index (χ2n) is 3.70. The molecule has 0 aliphatic carbocycles. The van der Waals surface area contributed by atoms with Crippen LogP contribution < -0.4 is 0 Å². The molecule has 1 rings (SSSR count). The summed E-state index contributed by atoms with van der Waals surface area (Å²) in [5.41, 5.74) is 1.15. The third-order valence-corrected chi connectivity index (χ3v) is 4.12. The molecule has 0 fully saturated rings. The van der Waals surface area contributed by atoms with Gasteiger partial charge in [-0.25, -0.2) is 0 Å². The van der Waals surface area contributed by atoms with Gasteiger partial charge in [-0.15, -0.1) is 0 Å². The topological polar surface area (TPSA) is 0 Å². The summed E-state index contributed by atoms with van der Waals surface area (Å²) in [5, 5.41) is 1.44. The summed E-state index contributed by atoms with van der Waals surface area (Å²) in [7, 11) is 0. The summed E-state index contributed by atoms with van der Waals surface area (Å²) in [6.07, 6.45) is 0.938. The van der Waals surface area contributed by atoms with Crippen molar-refractivity contribution in [2.75, 3.05) is 0 Å². The van der Waals surface area contributed by atoms with Gasteiger partial charge in [0.25, 0.3) is 0 Å². The van der Waals surface area contributed by atoms with Gasteiger partial charge in [-0.2, -0.15) is 0 Å². The first-order valence-electron chi connectivity index (χ1n) is 4.58. The van der Waals surface area contributed by atoms with Crippen molar-refractivity contribution in [1.82, 2.24) is 0 Å². The highest BCUT2D eigenvalue weighted by molar-refractivity contribution is 9.09. The predicted octanol–water partition coefficient (Wildman–Crippen LogP) is 4.96. The van der Waals surface area contributed by atoms with Crippen molar-refractivity contribution in [2.45, 2.75) is 25.1 Å². The monoisotopic (exact) mass is 294 g/mol. The van der Waals surface area contributed by atoms with Crippen LogP contribution in [-0.2, 0) is 6.42 Å². The first kappa shape index (κ1) is 12.4. The fraction of sp³-hybridized carbons (Fsp3) is 0.455. The van der Waals surface area contributed by atoms with Gasteiger partial charge in [-0.05, 0) is 30.0 Å². The molecule has 0 N–H and O–H groups in total. The minimum Gasteiger partial charge on any atom is -0.0884 e. The molecule has 0 saturated carbocycles. The number of hydrogen-bond donors (Lipinski definition) is 0. The van der Waals surface area contributed by atoms with Crippen molar-refractivity contribution in [3.05, 3.63) is 33.8 Å². The van der Waals surface area contributed by atoms with E-state index in [1.807, 2.05) is 12.1 Å². The summed E-state index contributed by atoms with van der Waals surface area (Å²) in [6.45, 7) is 4.37. The quantitative estimate of drug-likeness (QED) is 0.692. The Kier molecular flexibility index (Phi) is 4.75. The molecule has 14 heavy (non-hydrogen) atoms. The lowest BCUT2D eigenvalue weighted by molar-refractivity contribution is 0.613. The first-order valence-corrected chi connectivity index (χ1v) is 6.26. The minimum absolute atomic E-state index is 0.459. The highest BCUT2D eigenvalue weighted by atomic mass is 79.9. The molecular formula is C11H13BrCl2. The second kappa shape index (κ2) is 5.39. The number of benzene rings is 1. The third kappa shape index (κ3) is 3.45. The smallest absolute Gasteiger partial charge is 0.0453 e. The number of halogens is 3. The van der Waals surface area contributed by atoms with E-state index >= 15 is 0 Å². The number of alkyl halides is 1. The molecule has 3 heteroatoms. The zero-order valence-electron chi connectivity index (χ0n) is 8.23. The van der Waals surface area contributed by atoms with Crippen LogP contribution >= 0.6 is 39.1 Å². The number of hydrogen-bond acceptors (Lipinski definition) is 0. The molecule has 0 heterocycles. The average molecular weight is 296 g/mol. The maximum absolute atomic E-state index is 6.07. The summed E-state index contributed by atoms with van der Waals surface area (Å²) in [6, 6.07) is 5.66. The van der Waals surface area contributed by atoms with Gasteiger partial charge in [-0.1, -0.05) is 59.0 Å². The third-order valence-electron chi connectivity index (χ3n) is 2.15. The summed E-state index contributed by atoms with van der Waals surface area (Å²) < 4.78 is 0. The highest BCUT2D eigenvalue weighted by Gasteiger charge is 2.11. The van der Waals surface area contributed by atoms with Gasteiger partial charge in [0.05, 0.1) is 0 Å². The Bertz CT molecular complexity index is 310. The molecule has 0 aliphatic heterocycles. The lowest BCUT2D eigenvalue weighted by Gasteiger charge is -2.14. The molecule has 0 aliphatic rings. The van der Waals surface area contributed by atoms with Crippen LogP contribution in [0.2, 0.25) is 10.0 Å². The zero-order chi connectivity index (χ0) is 10.7. The maximum atomic E-state index is 6.07. The van der Waals surface area contributed by atoms with Crippen LogP contribution in [0.25, 0.3) is 0 Å². The summed E-state index contributed by atoms with van der Waals surface area (Å²) in [4.78, 5) is 0.459. The van der Waals surface area contributed by atoms with Gasteiger partial charge in [0, 0.05) is 14.9 Å². The predicted molar refractivity (Wildman–Crippen MR) is 67.7 cm³/mol. The standard InChI is InChI=1S/C11H13BrCl2/c1-7(2)10(12)5-8-3-4-9(13)6-11(8)14/h3-4,6-7,10H,5H2,1-2H3. The van der Waals surface area contributed by atoms with Crippen molar-refractivity contribution in [2.24, 2.45) is 5.92 Å². The van der Waals surface area contributed by atoms with Crippen molar-refractivity contribution < 1.29 is 0 Å². The van der Waals surface area contributed by atoms with E-state index in [1.165, 1.54) is 0 Å². The number of rotatable bonds is 3. The second-order valence-corrected chi connectivity index (χ2v) is 5.72. The highest BCUT2D eigenvalue weighted by Crippen LogP contribution is 2.25. The average Bonchev–Trinajstić information content (AvgIpc) is 2.09. The summed E-state index contributed by atoms with van der Waals surface area (Å²) >= 11 is 15.5. The molecule has 78 valence electrons. The Hall–Kier alpha value is 0.280. The van der Waals surface area contributed by atoms with Gasteiger partial charge in [0.2, 0.25) is 0 Å². The van der Waals surface area contributed by atoms with Crippen molar-refractivity contribution in [1.29, 1.82) is 0 Å². The Labute approximate surface area is 104 Å². The zero-order valence-corrected chi connectivity index (χ0v) is 11.3. The Morgan fingerprint density at radius 3 is 2.43 bits per heavy atom. The van der Waals surface area contributed by atoms with E-state index in [0.29, 0.717) is 15.8 Å². The van der Waals surface area contributed by atoms with Crippen LogP contribution in [0.4, 0.5) is 0 Å². The van der Waals surface area contributed by atoms with Gasteiger partial charge in [0.1, 0.15) is 0 Å². The van der Waals surface area contributed by atoms with E-state index in [-0.39, 0.29) is 0 Å². The molecule has 0 spiro atoms. The van der Waals surface area contributed by atoms with Crippen molar-refractivity contribution in [3.63, 3.8) is 0 Å². The van der Waals surface area contributed by atoms with Crippen LogP contribution in [-0.4, -0.2) is 4.83 Å². The van der Waals surface area contributed by atoms with Crippen molar-refractivity contribution in [3.8, 4) is 0 Å². The van der Waals surface area contributed by atoms with Gasteiger partial charge in [-0.3, -0.25) is 0 Å². The van der Waals surface area contributed by atoms with Crippen molar-refractivity contribution >= 4 is 39.1 Å². The molecule has 0 saturated heterocycles. The normalized spacial score (nSPS) is 13.3. The Morgan fingerprint density at radius 1 is 1.29 bits per heavy atom. The SMILES string of the molecule is CC(C)C(Br)Cc1ccc(Cl)cc1Cl. The van der Waals surface area contributed by atoms with E-state index in [2.05, 4.69) is 29.8 Å². The molecule has 0 nitrogen and oxygen atoms in total. The van der Waals surface area contributed by atoms with E-state index in [1.54, 1.807) is 6.07 Å². The van der Waals surface area contributed by atoms with Crippen LogP contribution in [0.5, 0.6) is 0 Å². The molecule has 1 atom stereocenters. The van der Waals surface area contributed by atoms with Crippen LogP contribution in [0, 0.1) is 5.92 Å². The van der Waals surface area contributed by atoms with Gasteiger partial charge < -0.3 is 0 Å².